The Balaban J connectivity index is 1.97. The average molecular weight is 148 g/mol. The zero-order valence-corrected chi connectivity index (χ0v) is 6.66. The summed E-state index contributed by atoms with van der Waals surface area (Å²) >= 11 is 0. The third kappa shape index (κ3) is 1.60. The lowest BCUT2D eigenvalue weighted by Gasteiger charge is -1.94. The molecule has 1 heteroatoms. The summed E-state index contributed by atoms with van der Waals surface area (Å²) in [5.74, 6) is 0. The van der Waals surface area contributed by atoms with E-state index in [-0.39, 0.29) is 0 Å². The lowest BCUT2D eigenvalue weighted by molar-refractivity contribution is 0.378. The van der Waals surface area contributed by atoms with Crippen molar-refractivity contribution in [2.24, 2.45) is 0 Å². The van der Waals surface area contributed by atoms with Gasteiger partial charge in [0.15, 0.2) is 0 Å². The van der Waals surface area contributed by atoms with Crippen LogP contribution in [0, 0.1) is 0 Å². The Morgan fingerprint density at radius 1 is 1.27 bits per heavy atom. The highest BCUT2D eigenvalue weighted by Gasteiger charge is 2.33. The summed E-state index contributed by atoms with van der Waals surface area (Å²) in [6.07, 6.45) is 2.04. The number of hydrogen-bond donors (Lipinski definition) is 0. The minimum atomic E-state index is 0.482. The van der Waals surface area contributed by atoms with E-state index in [1.807, 2.05) is 6.07 Å². The molecule has 0 saturated carbocycles. The summed E-state index contributed by atoms with van der Waals surface area (Å²) in [5, 5.41) is 0. The summed E-state index contributed by atoms with van der Waals surface area (Å²) in [4.78, 5) is 0. The highest BCUT2D eigenvalue weighted by molar-refractivity contribution is 5.16. The van der Waals surface area contributed by atoms with Gasteiger partial charge in [-0.2, -0.15) is 0 Å². The molecule has 11 heavy (non-hydrogen) atoms. The molecule has 2 atom stereocenters. The fourth-order valence-corrected chi connectivity index (χ4v) is 1.29. The van der Waals surface area contributed by atoms with Crippen LogP contribution in [0.15, 0.2) is 30.3 Å². The van der Waals surface area contributed by atoms with Crippen molar-refractivity contribution in [2.45, 2.75) is 25.6 Å². The van der Waals surface area contributed by atoms with Crippen molar-refractivity contribution in [3.8, 4) is 0 Å². The summed E-state index contributed by atoms with van der Waals surface area (Å²) in [6.45, 7) is 2.12. The van der Waals surface area contributed by atoms with E-state index in [4.69, 9.17) is 4.74 Å². The van der Waals surface area contributed by atoms with Crippen LogP contribution < -0.4 is 0 Å². The Bertz CT molecular complexity index is 230. The van der Waals surface area contributed by atoms with Crippen LogP contribution >= 0.6 is 0 Å². The number of hydrogen-bond acceptors (Lipinski definition) is 1. The zero-order valence-electron chi connectivity index (χ0n) is 6.66. The van der Waals surface area contributed by atoms with E-state index in [1.165, 1.54) is 5.56 Å². The molecule has 0 aromatic heterocycles. The Morgan fingerprint density at radius 2 is 1.91 bits per heavy atom. The second-order valence-corrected chi connectivity index (χ2v) is 3.07. The predicted octanol–water partition coefficient (Wildman–Crippen LogP) is 2.02. The minimum absolute atomic E-state index is 0.482. The molecule has 58 valence electrons. The van der Waals surface area contributed by atoms with Crippen LogP contribution in [0.1, 0.15) is 12.5 Å². The van der Waals surface area contributed by atoms with E-state index >= 15 is 0 Å². The van der Waals surface area contributed by atoms with E-state index in [9.17, 15) is 0 Å². The van der Waals surface area contributed by atoms with Gasteiger partial charge in [-0.25, -0.2) is 0 Å². The van der Waals surface area contributed by atoms with Crippen LogP contribution in [-0.2, 0) is 11.2 Å². The van der Waals surface area contributed by atoms with Crippen LogP contribution in [0.5, 0.6) is 0 Å². The number of epoxide rings is 1. The SMILES string of the molecule is C[C@@H]1O[C@H]1Cc1ccccc1. The Kier molecular flexibility index (Phi) is 1.66. The highest BCUT2D eigenvalue weighted by Crippen LogP contribution is 2.24. The van der Waals surface area contributed by atoms with E-state index < -0.39 is 0 Å². The molecule has 0 bridgehead atoms. The second kappa shape index (κ2) is 2.67. The van der Waals surface area contributed by atoms with Crippen molar-refractivity contribution in [2.75, 3.05) is 0 Å². The first-order valence-corrected chi connectivity index (χ1v) is 4.05. The van der Waals surface area contributed by atoms with Gasteiger partial charge in [0.05, 0.1) is 12.2 Å². The lowest BCUT2D eigenvalue weighted by Crippen LogP contribution is -1.94. The summed E-state index contributed by atoms with van der Waals surface area (Å²) < 4.78 is 5.32. The smallest absolute Gasteiger partial charge is 0.0879 e. The molecule has 0 amide bonds. The largest absolute Gasteiger partial charge is 0.370 e. The maximum absolute atomic E-state index is 5.32. The molecule has 0 unspecified atom stereocenters. The van der Waals surface area contributed by atoms with Gasteiger partial charge in [0.2, 0.25) is 0 Å². The molecule has 0 N–H and O–H groups in total. The fourth-order valence-electron chi connectivity index (χ4n) is 1.29. The topological polar surface area (TPSA) is 12.5 Å². The van der Waals surface area contributed by atoms with Crippen LogP contribution in [-0.4, -0.2) is 12.2 Å². The monoisotopic (exact) mass is 148 g/mol. The van der Waals surface area contributed by atoms with Gasteiger partial charge in [-0.05, 0) is 12.5 Å². The molecule has 1 aromatic carbocycles. The molecule has 1 nitrogen and oxygen atoms in total. The van der Waals surface area contributed by atoms with Gasteiger partial charge in [-0.1, -0.05) is 30.3 Å². The summed E-state index contributed by atoms with van der Waals surface area (Å²) in [5.41, 5.74) is 1.38. The Morgan fingerprint density at radius 3 is 2.45 bits per heavy atom. The van der Waals surface area contributed by atoms with Crippen molar-refractivity contribution in [1.82, 2.24) is 0 Å². The van der Waals surface area contributed by atoms with E-state index in [1.54, 1.807) is 0 Å². The predicted molar refractivity (Wildman–Crippen MR) is 44.5 cm³/mol. The van der Waals surface area contributed by atoms with Crippen molar-refractivity contribution in [3.63, 3.8) is 0 Å². The molecule has 1 aromatic rings. The van der Waals surface area contributed by atoms with Crippen LogP contribution in [0.3, 0.4) is 0 Å². The summed E-state index contributed by atoms with van der Waals surface area (Å²) in [7, 11) is 0. The quantitative estimate of drug-likeness (QED) is 0.584. The normalized spacial score (nSPS) is 28.5. The van der Waals surface area contributed by atoms with Crippen LogP contribution in [0.2, 0.25) is 0 Å². The minimum Gasteiger partial charge on any atom is -0.370 e. The first kappa shape index (κ1) is 6.86. The van der Waals surface area contributed by atoms with Crippen LogP contribution in [0.25, 0.3) is 0 Å². The van der Waals surface area contributed by atoms with Gasteiger partial charge in [0.1, 0.15) is 0 Å². The van der Waals surface area contributed by atoms with Gasteiger partial charge < -0.3 is 4.74 Å². The third-order valence-electron chi connectivity index (χ3n) is 2.12. The molecule has 1 aliphatic rings. The molecule has 2 rings (SSSR count). The maximum Gasteiger partial charge on any atom is 0.0879 e. The standard InChI is InChI=1S/C10H12O/c1-8-10(11-8)7-9-5-3-2-4-6-9/h2-6,8,10H,7H2,1H3/t8-,10-/m0/s1. The molecule has 0 aliphatic carbocycles. The Labute approximate surface area is 67.0 Å². The van der Waals surface area contributed by atoms with E-state index in [0.717, 1.165) is 6.42 Å². The fraction of sp³-hybridized carbons (Fsp3) is 0.400. The second-order valence-electron chi connectivity index (χ2n) is 3.07. The third-order valence-corrected chi connectivity index (χ3v) is 2.12. The maximum atomic E-state index is 5.32. The molecule has 1 heterocycles. The first-order chi connectivity index (χ1) is 5.36. The van der Waals surface area contributed by atoms with Crippen LogP contribution in [0.4, 0.5) is 0 Å². The van der Waals surface area contributed by atoms with Gasteiger partial charge in [0.25, 0.3) is 0 Å². The van der Waals surface area contributed by atoms with Crippen molar-refractivity contribution >= 4 is 0 Å². The molecule has 0 spiro atoms. The Hall–Kier alpha value is -0.820. The molecule has 1 fully saturated rings. The van der Waals surface area contributed by atoms with Crippen molar-refractivity contribution in [1.29, 1.82) is 0 Å². The number of rotatable bonds is 2. The van der Waals surface area contributed by atoms with Crippen molar-refractivity contribution < 1.29 is 4.74 Å². The van der Waals surface area contributed by atoms with Gasteiger partial charge in [-0.3, -0.25) is 0 Å². The highest BCUT2D eigenvalue weighted by atomic mass is 16.6. The molecule has 1 aliphatic heterocycles. The lowest BCUT2D eigenvalue weighted by atomic mass is 10.1. The molecule has 1 saturated heterocycles. The van der Waals surface area contributed by atoms with E-state index in [0.29, 0.717) is 12.2 Å². The van der Waals surface area contributed by atoms with Gasteiger partial charge in [0, 0.05) is 6.42 Å². The van der Waals surface area contributed by atoms with Crippen molar-refractivity contribution in [3.05, 3.63) is 35.9 Å². The molecule has 0 radical (unpaired) electrons. The number of benzene rings is 1. The number of ether oxygens (including phenoxy) is 1. The summed E-state index contributed by atoms with van der Waals surface area (Å²) in [6, 6.07) is 10.5. The molecular formula is C10H12O. The van der Waals surface area contributed by atoms with E-state index in [2.05, 4.69) is 31.2 Å². The first-order valence-electron chi connectivity index (χ1n) is 4.05. The van der Waals surface area contributed by atoms with Gasteiger partial charge >= 0.3 is 0 Å². The average Bonchev–Trinajstić information content (AvgIpc) is 2.69. The van der Waals surface area contributed by atoms with Gasteiger partial charge in [-0.15, -0.1) is 0 Å². The zero-order chi connectivity index (χ0) is 7.68. The molecular weight excluding hydrogens is 136 g/mol.